The lowest BCUT2D eigenvalue weighted by Crippen LogP contribution is -1.91. The molecule has 3 rings (SSSR count). The van der Waals surface area contributed by atoms with Crippen molar-refractivity contribution in [1.82, 2.24) is 9.38 Å². The lowest BCUT2D eigenvalue weighted by atomic mass is 10.1. The van der Waals surface area contributed by atoms with Crippen LogP contribution in [0.15, 0.2) is 54.7 Å². The van der Waals surface area contributed by atoms with Gasteiger partial charge in [0.1, 0.15) is 5.65 Å². The summed E-state index contributed by atoms with van der Waals surface area (Å²) in [6.07, 6.45) is 2.87. The average molecular weight is 238 g/mol. The first kappa shape index (κ1) is 10.8. The molecule has 18 heavy (non-hydrogen) atoms. The number of ether oxygens (including phenoxy) is 1. The van der Waals surface area contributed by atoms with Crippen molar-refractivity contribution >= 4 is 5.65 Å². The van der Waals surface area contributed by atoms with Crippen molar-refractivity contribution in [1.29, 1.82) is 0 Å². The third-order valence-corrected chi connectivity index (χ3v) is 2.94. The lowest BCUT2D eigenvalue weighted by Gasteiger charge is -2.01. The van der Waals surface area contributed by atoms with Crippen LogP contribution in [0.2, 0.25) is 0 Å². The van der Waals surface area contributed by atoms with Gasteiger partial charge in [0.2, 0.25) is 0 Å². The molecule has 0 spiro atoms. The topological polar surface area (TPSA) is 26.5 Å². The highest BCUT2D eigenvalue weighted by Crippen LogP contribution is 2.16. The summed E-state index contributed by atoms with van der Waals surface area (Å²) in [6, 6.07) is 16.2. The summed E-state index contributed by atoms with van der Waals surface area (Å²) in [5.74, 6) is 0.805. The van der Waals surface area contributed by atoms with Crippen molar-refractivity contribution in [3.63, 3.8) is 0 Å². The van der Waals surface area contributed by atoms with Crippen LogP contribution in [0.4, 0.5) is 0 Å². The molecule has 0 radical (unpaired) electrons. The Labute approximate surface area is 106 Å². The van der Waals surface area contributed by atoms with Crippen LogP contribution in [-0.4, -0.2) is 16.5 Å². The molecule has 0 saturated heterocycles. The van der Waals surface area contributed by atoms with Crippen LogP contribution in [0.3, 0.4) is 0 Å². The number of pyridine rings is 1. The molecule has 90 valence electrons. The van der Waals surface area contributed by atoms with Gasteiger partial charge in [0.25, 0.3) is 0 Å². The number of fused-ring (bicyclic) bond motifs is 1. The average Bonchev–Trinajstić information content (AvgIpc) is 2.82. The Hall–Kier alpha value is -2.29. The maximum atomic E-state index is 5.31. The molecule has 0 N–H and O–H groups in total. The quantitative estimate of drug-likeness (QED) is 0.701. The van der Waals surface area contributed by atoms with Gasteiger partial charge in [-0.25, -0.2) is 4.98 Å². The second-order valence-corrected chi connectivity index (χ2v) is 4.19. The fraction of sp³-hybridized carbons (Fsp3) is 0.133. The number of nitrogens with zero attached hydrogens (tertiary/aromatic N) is 2. The molecule has 0 amide bonds. The zero-order valence-electron chi connectivity index (χ0n) is 10.2. The van der Waals surface area contributed by atoms with Gasteiger partial charge in [-0.1, -0.05) is 36.4 Å². The van der Waals surface area contributed by atoms with E-state index in [0.717, 1.165) is 23.6 Å². The lowest BCUT2D eigenvalue weighted by molar-refractivity contribution is 0.392. The minimum atomic E-state index is 0.805. The van der Waals surface area contributed by atoms with Crippen LogP contribution in [-0.2, 0) is 6.42 Å². The van der Waals surface area contributed by atoms with Gasteiger partial charge in [0.15, 0.2) is 5.88 Å². The van der Waals surface area contributed by atoms with Crippen LogP contribution in [0, 0.1) is 0 Å². The van der Waals surface area contributed by atoms with Gasteiger partial charge in [-0.15, -0.1) is 0 Å². The van der Waals surface area contributed by atoms with Gasteiger partial charge >= 0.3 is 0 Å². The summed E-state index contributed by atoms with van der Waals surface area (Å²) in [4.78, 5) is 4.60. The zero-order valence-corrected chi connectivity index (χ0v) is 10.2. The Morgan fingerprint density at radius 3 is 2.67 bits per heavy atom. The minimum Gasteiger partial charge on any atom is -0.482 e. The first-order valence-electron chi connectivity index (χ1n) is 5.92. The Balaban J connectivity index is 1.99. The van der Waals surface area contributed by atoms with E-state index in [-0.39, 0.29) is 0 Å². The van der Waals surface area contributed by atoms with Crippen LogP contribution in [0.1, 0.15) is 11.3 Å². The molecule has 1 aromatic carbocycles. The molecule has 0 fully saturated rings. The smallest absolute Gasteiger partial charge is 0.198 e. The van der Waals surface area contributed by atoms with E-state index in [1.54, 1.807) is 7.11 Å². The molecule has 0 atom stereocenters. The Bertz CT molecular complexity index is 659. The molecule has 0 aliphatic carbocycles. The number of hydrogen-bond acceptors (Lipinski definition) is 2. The molecule has 2 aromatic heterocycles. The van der Waals surface area contributed by atoms with E-state index in [2.05, 4.69) is 17.1 Å². The van der Waals surface area contributed by atoms with Crippen LogP contribution in [0.5, 0.6) is 5.88 Å². The van der Waals surface area contributed by atoms with Gasteiger partial charge in [0.05, 0.1) is 12.8 Å². The second kappa shape index (κ2) is 4.53. The fourth-order valence-corrected chi connectivity index (χ4v) is 2.09. The van der Waals surface area contributed by atoms with Crippen LogP contribution in [0.25, 0.3) is 5.65 Å². The zero-order chi connectivity index (χ0) is 12.4. The highest BCUT2D eigenvalue weighted by molar-refractivity contribution is 5.44. The Kier molecular flexibility index (Phi) is 2.73. The summed E-state index contributed by atoms with van der Waals surface area (Å²) >= 11 is 0. The van der Waals surface area contributed by atoms with Gasteiger partial charge in [-0.05, 0) is 17.7 Å². The summed E-state index contributed by atoms with van der Waals surface area (Å²) in [5, 5.41) is 0. The summed E-state index contributed by atoms with van der Waals surface area (Å²) in [6.45, 7) is 0. The summed E-state index contributed by atoms with van der Waals surface area (Å²) in [5.41, 5.74) is 3.23. The van der Waals surface area contributed by atoms with Crippen LogP contribution < -0.4 is 4.74 Å². The molecule has 0 aliphatic heterocycles. The van der Waals surface area contributed by atoms with E-state index in [0.29, 0.717) is 0 Å². The number of benzene rings is 1. The van der Waals surface area contributed by atoms with Crippen molar-refractivity contribution in [2.75, 3.05) is 7.11 Å². The Morgan fingerprint density at radius 1 is 1.06 bits per heavy atom. The van der Waals surface area contributed by atoms with Crippen molar-refractivity contribution in [2.45, 2.75) is 6.42 Å². The highest BCUT2D eigenvalue weighted by Gasteiger charge is 2.05. The third kappa shape index (κ3) is 1.95. The highest BCUT2D eigenvalue weighted by atomic mass is 16.5. The van der Waals surface area contributed by atoms with E-state index in [1.165, 1.54) is 5.56 Å². The standard InChI is InChI=1S/C15H14N2O/c1-18-15-9-5-8-14-16-13(11-17(14)15)10-12-6-3-2-4-7-12/h2-9,11H,10H2,1H3. The largest absolute Gasteiger partial charge is 0.482 e. The number of rotatable bonds is 3. The molecular formula is C15H14N2O. The molecule has 3 nitrogen and oxygen atoms in total. The van der Waals surface area contributed by atoms with E-state index in [4.69, 9.17) is 4.74 Å². The normalized spacial score (nSPS) is 10.7. The van der Waals surface area contributed by atoms with E-state index in [1.807, 2.05) is 47.0 Å². The molecule has 3 aromatic rings. The van der Waals surface area contributed by atoms with Crippen molar-refractivity contribution in [2.24, 2.45) is 0 Å². The first-order chi connectivity index (χ1) is 8.86. The summed E-state index contributed by atoms with van der Waals surface area (Å²) < 4.78 is 7.28. The monoisotopic (exact) mass is 238 g/mol. The van der Waals surface area contributed by atoms with Gasteiger partial charge < -0.3 is 4.74 Å². The van der Waals surface area contributed by atoms with Crippen molar-refractivity contribution in [3.05, 3.63) is 66.0 Å². The van der Waals surface area contributed by atoms with Gasteiger partial charge in [-0.2, -0.15) is 0 Å². The molecule has 3 heteroatoms. The van der Waals surface area contributed by atoms with Crippen molar-refractivity contribution < 1.29 is 4.74 Å². The molecular weight excluding hydrogens is 224 g/mol. The van der Waals surface area contributed by atoms with E-state index in [9.17, 15) is 0 Å². The van der Waals surface area contributed by atoms with Gasteiger partial charge in [0, 0.05) is 12.6 Å². The number of aromatic nitrogens is 2. The van der Waals surface area contributed by atoms with Crippen molar-refractivity contribution in [3.8, 4) is 5.88 Å². The summed E-state index contributed by atoms with van der Waals surface area (Å²) in [7, 11) is 1.67. The Morgan fingerprint density at radius 2 is 1.89 bits per heavy atom. The molecule has 0 bridgehead atoms. The molecule has 0 unspecified atom stereocenters. The molecule has 0 aliphatic rings. The van der Waals surface area contributed by atoms with E-state index < -0.39 is 0 Å². The van der Waals surface area contributed by atoms with E-state index >= 15 is 0 Å². The predicted molar refractivity (Wildman–Crippen MR) is 71.0 cm³/mol. The third-order valence-electron chi connectivity index (χ3n) is 2.94. The number of hydrogen-bond donors (Lipinski definition) is 0. The first-order valence-corrected chi connectivity index (χ1v) is 5.92. The predicted octanol–water partition coefficient (Wildman–Crippen LogP) is 2.93. The van der Waals surface area contributed by atoms with Crippen LogP contribution >= 0.6 is 0 Å². The minimum absolute atomic E-state index is 0.805. The second-order valence-electron chi connectivity index (χ2n) is 4.19. The van der Waals surface area contributed by atoms with Gasteiger partial charge in [-0.3, -0.25) is 4.40 Å². The molecule has 2 heterocycles. The fourth-order valence-electron chi connectivity index (χ4n) is 2.09. The molecule has 0 saturated carbocycles. The SMILES string of the molecule is COc1cccc2nc(Cc3ccccc3)cn12. The maximum Gasteiger partial charge on any atom is 0.198 e. The maximum absolute atomic E-state index is 5.31. The number of methoxy groups -OCH3 is 1. The number of imidazole rings is 1.